The first-order chi connectivity index (χ1) is 9.61. The van der Waals surface area contributed by atoms with Gasteiger partial charge in [-0.2, -0.15) is 0 Å². The second kappa shape index (κ2) is 7.07. The molecule has 1 aromatic carbocycles. The maximum Gasteiger partial charge on any atom is 0.154 e. The lowest BCUT2D eigenvalue weighted by atomic mass is 9.98. The van der Waals surface area contributed by atoms with Crippen molar-refractivity contribution in [3.8, 4) is 5.75 Å². The summed E-state index contributed by atoms with van der Waals surface area (Å²) in [5.41, 5.74) is 7.83. The number of fused-ring (bicyclic) bond motifs is 1. The summed E-state index contributed by atoms with van der Waals surface area (Å²) in [7, 11) is 1.64. The molecule has 2 rings (SSSR count). The molecule has 1 unspecified atom stereocenters. The van der Waals surface area contributed by atoms with E-state index in [1.807, 2.05) is 6.07 Å². The fourth-order valence-corrected chi connectivity index (χ4v) is 2.67. The molecular formula is C15H20ClNO3. The third-order valence-electron chi connectivity index (χ3n) is 3.47. The van der Waals surface area contributed by atoms with Crippen molar-refractivity contribution in [2.24, 2.45) is 5.73 Å². The Labute approximate surface area is 124 Å². The number of hydrogen-bond donors (Lipinski definition) is 1. The number of hydrogen-bond acceptors (Lipinski definition) is 4. The molecule has 1 aliphatic heterocycles. The van der Waals surface area contributed by atoms with Gasteiger partial charge in [-0.15, -0.1) is 0 Å². The van der Waals surface area contributed by atoms with E-state index in [1.165, 1.54) is 0 Å². The van der Waals surface area contributed by atoms with Gasteiger partial charge in [-0.25, -0.2) is 0 Å². The van der Waals surface area contributed by atoms with Crippen LogP contribution in [0.4, 0.5) is 0 Å². The lowest BCUT2D eigenvalue weighted by molar-refractivity contribution is -0.119. The number of methoxy groups -OCH3 is 1. The second-order valence-electron chi connectivity index (χ2n) is 5.04. The van der Waals surface area contributed by atoms with E-state index in [2.05, 4.69) is 0 Å². The standard InChI is InChI=1S/C15H20ClNO3/c1-19-5-2-3-13(17)14(18)9-11-8-12(16)7-10-4-6-20-15(10)11/h7-8,13H,2-6,9,17H2,1H3. The molecule has 0 saturated heterocycles. The molecule has 1 aromatic rings. The highest BCUT2D eigenvalue weighted by Gasteiger charge is 2.21. The fraction of sp³-hybridized carbons (Fsp3) is 0.533. The van der Waals surface area contributed by atoms with E-state index in [9.17, 15) is 4.79 Å². The van der Waals surface area contributed by atoms with Gasteiger partial charge in [0.2, 0.25) is 0 Å². The molecule has 0 fully saturated rings. The van der Waals surface area contributed by atoms with Crippen LogP contribution in [0.1, 0.15) is 24.0 Å². The Morgan fingerprint density at radius 2 is 2.35 bits per heavy atom. The smallest absolute Gasteiger partial charge is 0.154 e. The Balaban J connectivity index is 2.01. The summed E-state index contributed by atoms with van der Waals surface area (Å²) < 4.78 is 10.6. The highest BCUT2D eigenvalue weighted by molar-refractivity contribution is 6.30. The second-order valence-corrected chi connectivity index (χ2v) is 5.47. The molecule has 0 aromatic heterocycles. The Kier molecular flexibility index (Phi) is 5.40. The van der Waals surface area contributed by atoms with Crippen molar-refractivity contribution in [1.82, 2.24) is 0 Å². The van der Waals surface area contributed by atoms with Gasteiger partial charge in [-0.1, -0.05) is 11.6 Å². The van der Waals surface area contributed by atoms with Gasteiger partial charge in [0.05, 0.1) is 12.6 Å². The average molecular weight is 298 g/mol. The summed E-state index contributed by atoms with van der Waals surface area (Å²) in [6.45, 7) is 1.27. The van der Waals surface area contributed by atoms with Gasteiger partial charge in [0.15, 0.2) is 5.78 Å². The van der Waals surface area contributed by atoms with Crippen LogP contribution < -0.4 is 10.5 Å². The lowest BCUT2D eigenvalue weighted by Crippen LogP contribution is -2.32. The molecule has 0 aliphatic carbocycles. The third kappa shape index (κ3) is 3.72. The largest absolute Gasteiger partial charge is 0.493 e. The molecule has 0 radical (unpaired) electrons. The van der Waals surface area contributed by atoms with Crippen molar-refractivity contribution >= 4 is 17.4 Å². The Morgan fingerprint density at radius 1 is 1.55 bits per heavy atom. The van der Waals surface area contributed by atoms with Crippen molar-refractivity contribution in [3.63, 3.8) is 0 Å². The van der Waals surface area contributed by atoms with Crippen LogP contribution in [-0.2, 0) is 22.4 Å². The van der Waals surface area contributed by atoms with Gasteiger partial charge < -0.3 is 15.2 Å². The molecule has 1 aliphatic rings. The maximum atomic E-state index is 12.2. The summed E-state index contributed by atoms with van der Waals surface area (Å²) in [6.07, 6.45) is 2.54. The molecule has 0 saturated carbocycles. The normalized spacial score (nSPS) is 14.8. The van der Waals surface area contributed by atoms with E-state index in [-0.39, 0.29) is 12.2 Å². The number of nitrogens with two attached hydrogens (primary N) is 1. The molecule has 20 heavy (non-hydrogen) atoms. The number of benzene rings is 1. The number of carbonyl (C=O) groups excluding carboxylic acids is 1. The van der Waals surface area contributed by atoms with Gasteiger partial charge in [0.25, 0.3) is 0 Å². The Hall–Kier alpha value is -1.10. The van der Waals surface area contributed by atoms with E-state index in [0.29, 0.717) is 24.7 Å². The molecule has 5 heteroatoms. The molecule has 1 atom stereocenters. The third-order valence-corrected chi connectivity index (χ3v) is 3.69. The van der Waals surface area contributed by atoms with Crippen LogP contribution in [0.5, 0.6) is 5.75 Å². The van der Waals surface area contributed by atoms with Crippen LogP contribution in [0, 0.1) is 0 Å². The molecule has 1 heterocycles. The molecule has 110 valence electrons. The predicted octanol–water partition coefficient (Wildman–Crippen LogP) is 2.14. The number of ether oxygens (including phenoxy) is 2. The zero-order valence-corrected chi connectivity index (χ0v) is 12.4. The predicted molar refractivity (Wildman–Crippen MR) is 78.4 cm³/mol. The SMILES string of the molecule is COCCCC(N)C(=O)Cc1cc(Cl)cc2c1OCC2. The summed E-state index contributed by atoms with van der Waals surface area (Å²) >= 11 is 6.08. The number of ketones is 1. The molecule has 0 amide bonds. The zero-order chi connectivity index (χ0) is 14.5. The zero-order valence-electron chi connectivity index (χ0n) is 11.7. The van der Waals surface area contributed by atoms with Crippen molar-refractivity contribution in [3.05, 3.63) is 28.3 Å². The van der Waals surface area contributed by atoms with Crippen molar-refractivity contribution in [2.75, 3.05) is 20.3 Å². The average Bonchev–Trinajstić information content (AvgIpc) is 2.86. The first-order valence-electron chi connectivity index (χ1n) is 6.83. The molecular weight excluding hydrogens is 278 g/mol. The summed E-state index contributed by atoms with van der Waals surface area (Å²) in [6, 6.07) is 3.24. The van der Waals surface area contributed by atoms with Gasteiger partial charge in [0.1, 0.15) is 5.75 Å². The monoisotopic (exact) mass is 297 g/mol. The van der Waals surface area contributed by atoms with Crippen molar-refractivity contribution in [2.45, 2.75) is 31.7 Å². The van der Waals surface area contributed by atoms with E-state index in [1.54, 1.807) is 13.2 Å². The maximum absolute atomic E-state index is 12.2. The number of halogens is 1. The van der Waals surface area contributed by atoms with Crippen LogP contribution >= 0.6 is 11.6 Å². The summed E-state index contributed by atoms with van der Waals surface area (Å²) in [5, 5.41) is 0.644. The quantitative estimate of drug-likeness (QED) is 0.783. The molecule has 4 nitrogen and oxygen atoms in total. The van der Waals surface area contributed by atoms with Gasteiger partial charge in [-0.3, -0.25) is 4.79 Å². The lowest BCUT2D eigenvalue weighted by Gasteiger charge is -2.12. The fourth-order valence-electron chi connectivity index (χ4n) is 2.40. The van der Waals surface area contributed by atoms with Crippen LogP contribution in [0.15, 0.2) is 12.1 Å². The van der Waals surface area contributed by atoms with E-state index < -0.39 is 6.04 Å². The van der Waals surface area contributed by atoms with Crippen LogP contribution in [0.3, 0.4) is 0 Å². The molecule has 0 bridgehead atoms. The van der Waals surface area contributed by atoms with Crippen molar-refractivity contribution < 1.29 is 14.3 Å². The van der Waals surface area contributed by atoms with E-state index in [4.69, 9.17) is 26.8 Å². The molecule has 0 spiro atoms. The highest BCUT2D eigenvalue weighted by atomic mass is 35.5. The summed E-state index contributed by atoms with van der Waals surface area (Å²) in [4.78, 5) is 12.2. The first-order valence-corrected chi connectivity index (χ1v) is 7.21. The number of Topliss-reactive ketones (excluding diaryl/α,β-unsaturated/α-hetero) is 1. The minimum Gasteiger partial charge on any atom is -0.493 e. The van der Waals surface area contributed by atoms with E-state index in [0.717, 1.165) is 29.7 Å². The van der Waals surface area contributed by atoms with Gasteiger partial charge in [0, 0.05) is 37.1 Å². The number of rotatable bonds is 7. The Morgan fingerprint density at radius 3 is 3.10 bits per heavy atom. The minimum absolute atomic E-state index is 0.0149. The number of carbonyl (C=O) groups is 1. The first kappa shape index (κ1) is 15.3. The van der Waals surface area contributed by atoms with Gasteiger partial charge >= 0.3 is 0 Å². The van der Waals surface area contributed by atoms with Crippen LogP contribution in [-0.4, -0.2) is 32.1 Å². The minimum atomic E-state index is -0.457. The van der Waals surface area contributed by atoms with Crippen molar-refractivity contribution in [1.29, 1.82) is 0 Å². The topological polar surface area (TPSA) is 61.5 Å². The highest BCUT2D eigenvalue weighted by Crippen LogP contribution is 2.33. The van der Waals surface area contributed by atoms with Crippen LogP contribution in [0.25, 0.3) is 0 Å². The molecule has 2 N–H and O–H groups in total. The summed E-state index contributed by atoms with van der Waals surface area (Å²) in [5.74, 6) is 0.827. The Bertz CT molecular complexity index is 490. The van der Waals surface area contributed by atoms with E-state index >= 15 is 0 Å². The van der Waals surface area contributed by atoms with Gasteiger partial charge in [-0.05, 0) is 30.5 Å². The van der Waals surface area contributed by atoms with Crippen LogP contribution in [0.2, 0.25) is 5.02 Å².